The smallest absolute Gasteiger partial charge is 0.230 e. The molecule has 0 aliphatic rings. The molecule has 1 N–H and O–H groups in total. The van der Waals surface area contributed by atoms with Gasteiger partial charge < -0.3 is 5.32 Å². The van der Waals surface area contributed by atoms with E-state index < -0.39 is 17.5 Å². The zero-order valence-electron chi connectivity index (χ0n) is 9.53. The van der Waals surface area contributed by atoms with E-state index in [1.165, 1.54) is 24.4 Å². The van der Waals surface area contributed by atoms with E-state index in [0.29, 0.717) is 0 Å². The summed E-state index contributed by atoms with van der Waals surface area (Å²) >= 11 is 5.55. The van der Waals surface area contributed by atoms with Crippen LogP contribution in [0.1, 0.15) is 5.56 Å². The maximum Gasteiger partial charge on any atom is 0.230 e. The van der Waals surface area contributed by atoms with Crippen LogP contribution >= 0.6 is 11.6 Å². The van der Waals surface area contributed by atoms with Gasteiger partial charge in [0, 0.05) is 11.8 Å². The van der Waals surface area contributed by atoms with Crippen molar-refractivity contribution in [3.05, 3.63) is 52.9 Å². The molecule has 4 nitrogen and oxygen atoms in total. The predicted octanol–water partition coefficient (Wildman–Crippen LogP) is 2.59. The number of carbonyl (C=O) groups is 1. The molecule has 1 aromatic heterocycles. The number of benzene rings is 1. The standard InChI is InChI=1S/C12H8ClF2N3O/c13-12-16-5-4-9(18-12)17-10(19)6-7-2-1-3-8(14)11(7)15/h1-5H,6H2,(H,16,17,18,19). The molecule has 1 heterocycles. The Morgan fingerprint density at radius 1 is 1.32 bits per heavy atom. The molecule has 0 radical (unpaired) electrons. The number of nitrogens with one attached hydrogen (secondary N) is 1. The molecule has 0 spiro atoms. The van der Waals surface area contributed by atoms with Crippen LogP contribution in [0, 0.1) is 11.6 Å². The second-order valence-electron chi connectivity index (χ2n) is 3.65. The third kappa shape index (κ3) is 3.45. The first-order chi connectivity index (χ1) is 9.06. The van der Waals surface area contributed by atoms with Crippen LogP contribution in [0.5, 0.6) is 0 Å². The SMILES string of the molecule is O=C(Cc1cccc(F)c1F)Nc1ccnc(Cl)n1. The largest absolute Gasteiger partial charge is 0.310 e. The summed E-state index contributed by atoms with van der Waals surface area (Å²) in [4.78, 5) is 19.1. The molecule has 0 atom stereocenters. The van der Waals surface area contributed by atoms with Gasteiger partial charge in [-0.25, -0.2) is 18.7 Å². The molecule has 0 fully saturated rings. The lowest BCUT2D eigenvalue weighted by atomic mass is 10.1. The Labute approximate surface area is 112 Å². The summed E-state index contributed by atoms with van der Waals surface area (Å²) in [5.74, 6) is -2.35. The lowest BCUT2D eigenvalue weighted by Crippen LogP contribution is -2.16. The van der Waals surface area contributed by atoms with Crippen molar-refractivity contribution in [3.8, 4) is 0 Å². The highest BCUT2D eigenvalue weighted by molar-refractivity contribution is 6.28. The number of amides is 1. The minimum Gasteiger partial charge on any atom is -0.310 e. The Morgan fingerprint density at radius 3 is 2.84 bits per heavy atom. The predicted molar refractivity (Wildman–Crippen MR) is 65.7 cm³/mol. The third-order valence-electron chi connectivity index (χ3n) is 2.28. The van der Waals surface area contributed by atoms with Crippen molar-refractivity contribution in [2.45, 2.75) is 6.42 Å². The summed E-state index contributed by atoms with van der Waals surface area (Å²) < 4.78 is 26.3. The number of carbonyl (C=O) groups excluding carboxylic acids is 1. The summed E-state index contributed by atoms with van der Waals surface area (Å²) in [6, 6.07) is 5.10. The molecule has 0 saturated heterocycles. The summed E-state index contributed by atoms with van der Waals surface area (Å²) in [6.07, 6.45) is 1.07. The third-order valence-corrected chi connectivity index (χ3v) is 2.46. The topological polar surface area (TPSA) is 54.9 Å². The summed E-state index contributed by atoms with van der Waals surface area (Å²) in [5, 5.41) is 2.40. The van der Waals surface area contributed by atoms with Gasteiger partial charge >= 0.3 is 0 Å². The van der Waals surface area contributed by atoms with Gasteiger partial charge in [0.25, 0.3) is 0 Å². The number of rotatable bonds is 3. The average Bonchev–Trinajstić information content (AvgIpc) is 2.35. The number of nitrogens with zero attached hydrogens (tertiary/aromatic N) is 2. The Bertz CT molecular complexity index is 622. The van der Waals surface area contributed by atoms with Crippen LogP contribution in [-0.4, -0.2) is 15.9 Å². The first kappa shape index (κ1) is 13.4. The monoisotopic (exact) mass is 283 g/mol. The van der Waals surface area contributed by atoms with Crippen molar-refractivity contribution >= 4 is 23.3 Å². The van der Waals surface area contributed by atoms with E-state index in [-0.39, 0.29) is 23.1 Å². The summed E-state index contributed by atoms with van der Waals surface area (Å²) in [5.41, 5.74) is -0.0300. The van der Waals surface area contributed by atoms with Crippen LogP contribution in [0.2, 0.25) is 5.28 Å². The first-order valence-corrected chi connectivity index (χ1v) is 5.65. The molecule has 0 saturated carbocycles. The molecule has 2 rings (SSSR count). The summed E-state index contributed by atoms with van der Waals surface area (Å²) in [7, 11) is 0. The van der Waals surface area contributed by atoms with Crippen molar-refractivity contribution < 1.29 is 13.6 Å². The Hall–Kier alpha value is -2.08. The van der Waals surface area contributed by atoms with Crippen LogP contribution in [-0.2, 0) is 11.2 Å². The molecular weight excluding hydrogens is 276 g/mol. The molecular formula is C12H8ClF2N3O. The number of hydrogen-bond donors (Lipinski definition) is 1. The fraction of sp³-hybridized carbons (Fsp3) is 0.0833. The van der Waals surface area contributed by atoms with Gasteiger partial charge in [-0.2, -0.15) is 0 Å². The highest BCUT2D eigenvalue weighted by atomic mass is 35.5. The molecule has 98 valence electrons. The lowest BCUT2D eigenvalue weighted by Gasteiger charge is -2.05. The molecule has 7 heteroatoms. The van der Waals surface area contributed by atoms with Gasteiger partial charge in [0.05, 0.1) is 6.42 Å². The molecule has 1 amide bonds. The molecule has 2 aromatic rings. The van der Waals surface area contributed by atoms with Crippen LogP contribution in [0.3, 0.4) is 0 Å². The van der Waals surface area contributed by atoms with E-state index in [4.69, 9.17) is 11.6 Å². The van der Waals surface area contributed by atoms with Gasteiger partial charge in [-0.3, -0.25) is 4.79 Å². The number of hydrogen-bond acceptors (Lipinski definition) is 3. The quantitative estimate of drug-likeness (QED) is 0.881. The van der Waals surface area contributed by atoms with Gasteiger partial charge in [0.15, 0.2) is 11.6 Å². The van der Waals surface area contributed by atoms with Crippen molar-refractivity contribution in [3.63, 3.8) is 0 Å². The minimum absolute atomic E-state index is 0.0188. The van der Waals surface area contributed by atoms with Crippen LogP contribution in [0.15, 0.2) is 30.5 Å². The minimum atomic E-state index is -1.03. The Morgan fingerprint density at radius 2 is 2.11 bits per heavy atom. The zero-order chi connectivity index (χ0) is 13.8. The maximum absolute atomic E-state index is 13.4. The molecule has 19 heavy (non-hydrogen) atoms. The van der Waals surface area contributed by atoms with E-state index in [0.717, 1.165) is 6.07 Å². The molecule has 0 unspecified atom stereocenters. The number of halogens is 3. The fourth-order valence-corrected chi connectivity index (χ4v) is 1.60. The van der Waals surface area contributed by atoms with E-state index >= 15 is 0 Å². The van der Waals surface area contributed by atoms with Gasteiger partial charge in [-0.1, -0.05) is 12.1 Å². The van der Waals surface area contributed by atoms with Crippen molar-refractivity contribution in [1.29, 1.82) is 0 Å². The maximum atomic E-state index is 13.4. The molecule has 1 aromatic carbocycles. The lowest BCUT2D eigenvalue weighted by molar-refractivity contribution is -0.115. The Kier molecular flexibility index (Phi) is 4.01. The normalized spacial score (nSPS) is 10.3. The zero-order valence-corrected chi connectivity index (χ0v) is 10.3. The van der Waals surface area contributed by atoms with Crippen molar-refractivity contribution in [1.82, 2.24) is 9.97 Å². The highest BCUT2D eigenvalue weighted by Crippen LogP contribution is 2.13. The molecule has 0 bridgehead atoms. The second kappa shape index (κ2) is 5.71. The molecule has 0 aliphatic carbocycles. The number of anilines is 1. The first-order valence-electron chi connectivity index (χ1n) is 5.27. The van der Waals surface area contributed by atoms with Crippen LogP contribution in [0.25, 0.3) is 0 Å². The van der Waals surface area contributed by atoms with Crippen LogP contribution < -0.4 is 5.32 Å². The Balaban J connectivity index is 2.08. The van der Waals surface area contributed by atoms with Crippen LogP contribution in [0.4, 0.5) is 14.6 Å². The van der Waals surface area contributed by atoms with Gasteiger partial charge in [-0.05, 0) is 23.7 Å². The average molecular weight is 284 g/mol. The van der Waals surface area contributed by atoms with Crippen molar-refractivity contribution in [2.75, 3.05) is 5.32 Å². The van der Waals surface area contributed by atoms with E-state index in [1.807, 2.05) is 0 Å². The van der Waals surface area contributed by atoms with E-state index in [9.17, 15) is 13.6 Å². The fourth-order valence-electron chi connectivity index (χ4n) is 1.45. The van der Waals surface area contributed by atoms with Crippen molar-refractivity contribution in [2.24, 2.45) is 0 Å². The second-order valence-corrected chi connectivity index (χ2v) is 3.99. The van der Waals surface area contributed by atoms with Gasteiger partial charge in [0.1, 0.15) is 5.82 Å². The number of aromatic nitrogens is 2. The van der Waals surface area contributed by atoms with Gasteiger partial charge in [-0.15, -0.1) is 0 Å². The van der Waals surface area contributed by atoms with E-state index in [2.05, 4.69) is 15.3 Å². The van der Waals surface area contributed by atoms with E-state index in [1.54, 1.807) is 0 Å². The van der Waals surface area contributed by atoms with Gasteiger partial charge in [0.2, 0.25) is 11.2 Å². The molecule has 0 aliphatic heterocycles. The highest BCUT2D eigenvalue weighted by Gasteiger charge is 2.12. The summed E-state index contributed by atoms with van der Waals surface area (Å²) in [6.45, 7) is 0.